The number of hydrogen-bond acceptors (Lipinski definition) is 4. The van der Waals surface area contributed by atoms with Gasteiger partial charge in [-0.05, 0) is 19.1 Å². The van der Waals surface area contributed by atoms with Gasteiger partial charge in [0, 0.05) is 24.9 Å². The van der Waals surface area contributed by atoms with Crippen LogP contribution in [-0.2, 0) is 11.2 Å². The van der Waals surface area contributed by atoms with E-state index in [4.69, 9.17) is 16.1 Å². The number of rotatable bonds is 5. The van der Waals surface area contributed by atoms with Crippen molar-refractivity contribution in [3.8, 4) is 11.4 Å². The highest BCUT2D eigenvalue weighted by atomic mass is 35.5. The molecule has 2 rings (SSSR count). The van der Waals surface area contributed by atoms with Crippen LogP contribution in [0.1, 0.15) is 19.2 Å². The zero-order valence-electron chi connectivity index (χ0n) is 10.5. The van der Waals surface area contributed by atoms with Gasteiger partial charge in [0.15, 0.2) is 0 Å². The molecule has 1 aromatic carbocycles. The standard InChI is InChI=1S/C13H14ClN3O2/c1-2-15-11(18)7-8-12-16-13(17-19-12)9-5-3-4-6-10(9)14/h3-6H,2,7-8H2,1H3,(H,15,18). The fourth-order valence-electron chi connectivity index (χ4n) is 1.61. The van der Waals surface area contributed by atoms with Crippen molar-refractivity contribution in [1.82, 2.24) is 15.5 Å². The van der Waals surface area contributed by atoms with Crippen LogP contribution in [0.5, 0.6) is 0 Å². The van der Waals surface area contributed by atoms with Gasteiger partial charge in [-0.1, -0.05) is 28.9 Å². The van der Waals surface area contributed by atoms with Gasteiger partial charge in [0.2, 0.25) is 17.6 Å². The summed E-state index contributed by atoms with van der Waals surface area (Å²) in [6.45, 7) is 2.49. The maximum absolute atomic E-state index is 11.3. The highest BCUT2D eigenvalue weighted by Gasteiger charge is 2.12. The Morgan fingerprint density at radius 3 is 2.95 bits per heavy atom. The topological polar surface area (TPSA) is 68.0 Å². The average molecular weight is 280 g/mol. The molecule has 0 aliphatic heterocycles. The monoisotopic (exact) mass is 279 g/mol. The summed E-state index contributed by atoms with van der Waals surface area (Å²) in [7, 11) is 0. The lowest BCUT2D eigenvalue weighted by molar-refractivity contribution is -0.121. The molecule has 1 N–H and O–H groups in total. The molecule has 0 bridgehead atoms. The van der Waals surface area contributed by atoms with Gasteiger partial charge in [-0.25, -0.2) is 0 Å². The number of hydrogen-bond donors (Lipinski definition) is 1. The normalized spacial score (nSPS) is 10.4. The Hall–Kier alpha value is -1.88. The van der Waals surface area contributed by atoms with Crippen LogP contribution in [0.4, 0.5) is 0 Å². The largest absolute Gasteiger partial charge is 0.356 e. The van der Waals surface area contributed by atoms with Crippen LogP contribution in [0.25, 0.3) is 11.4 Å². The average Bonchev–Trinajstić information content (AvgIpc) is 2.86. The van der Waals surface area contributed by atoms with Crippen molar-refractivity contribution in [3.05, 3.63) is 35.2 Å². The number of aromatic nitrogens is 2. The molecule has 0 aliphatic carbocycles. The SMILES string of the molecule is CCNC(=O)CCc1nc(-c2ccccc2Cl)no1. The molecule has 2 aromatic rings. The molecule has 5 nitrogen and oxygen atoms in total. The third kappa shape index (κ3) is 3.54. The maximum atomic E-state index is 11.3. The molecule has 0 aliphatic rings. The molecular weight excluding hydrogens is 266 g/mol. The van der Waals surface area contributed by atoms with Crippen LogP contribution < -0.4 is 5.32 Å². The molecule has 0 atom stereocenters. The van der Waals surface area contributed by atoms with Gasteiger partial charge in [0.05, 0.1) is 5.02 Å². The van der Waals surface area contributed by atoms with Crippen molar-refractivity contribution < 1.29 is 9.32 Å². The van der Waals surface area contributed by atoms with Crippen molar-refractivity contribution in [1.29, 1.82) is 0 Å². The van der Waals surface area contributed by atoms with Crippen molar-refractivity contribution >= 4 is 17.5 Å². The molecule has 1 aromatic heterocycles. The van der Waals surface area contributed by atoms with E-state index in [-0.39, 0.29) is 5.91 Å². The fourth-order valence-corrected chi connectivity index (χ4v) is 1.83. The molecule has 1 heterocycles. The van der Waals surface area contributed by atoms with Crippen LogP contribution in [0.3, 0.4) is 0 Å². The first kappa shape index (κ1) is 13.5. The van der Waals surface area contributed by atoms with Crippen molar-refractivity contribution in [2.24, 2.45) is 0 Å². The second kappa shape index (κ2) is 6.33. The van der Waals surface area contributed by atoms with Gasteiger partial charge in [0.25, 0.3) is 0 Å². The molecular formula is C13H14ClN3O2. The smallest absolute Gasteiger partial charge is 0.227 e. The van der Waals surface area contributed by atoms with Crippen LogP contribution in [0.2, 0.25) is 5.02 Å². The van der Waals surface area contributed by atoms with E-state index in [1.165, 1.54) is 0 Å². The van der Waals surface area contributed by atoms with Crippen molar-refractivity contribution in [2.45, 2.75) is 19.8 Å². The summed E-state index contributed by atoms with van der Waals surface area (Å²) in [6.07, 6.45) is 0.751. The summed E-state index contributed by atoms with van der Waals surface area (Å²) < 4.78 is 5.10. The van der Waals surface area contributed by atoms with Crippen LogP contribution in [0, 0.1) is 0 Å². The Bertz CT molecular complexity index is 569. The Kier molecular flexibility index (Phi) is 4.52. The number of halogens is 1. The first-order valence-corrected chi connectivity index (χ1v) is 6.42. The van der Waals surface area contributed by atoms with E-state index >= 15 is 0 Å². The fraction of sp³-hybridized carbons (Fsp3) is 0.308. The maximum Gasteiger partial charge on any atom is 0.227 e. The number of amides is 1. The molecule has 6 heteroatoms. The van der Waals surface area contributed by atoms with E-state index in [0.717, 1.165) is 5.56 Å². The van der Waals surface area contributed by atoms with Crippen LogP contribution in [-0.4, -0.2) is 22.6 Å². The lowest BCUT2D eigenvalue weighted by atomic mass is 10.2. The highest BCUT2D eigenvalue weighted by Crippen LogP contribution is 2.24. The van der Waals surface area contributed by atoms with Crippen LogP contribution >= 0.6 is 11.6 Å². The first-order valence-electron chi connectivity index (χ1n) is 6.05. The number of nitrogens with one attached hydrogen (secondary N) is 1. The molecule has 0 spiro atoms. The molecule has 0 saturated carbocycles. The van der Waals surface area contributed by atoms with Crippen LogP contribution in [0.15, 0.2) is 28.8 Å². The van der Waals surface area contributed by atoms with Gasteiger partial charge in [-0.15, -0.1) is 0 Å². The minimum Gasteiger partial charge on any atom is -0.356 e. The van der Waals surface area contributed by atoms with E-state index in [9.17, 15) is 4.79 Å². The van der Waals surface area contributed by atoms with E-state index in [2.05, 4.69) is 15.5 Å². The summed E-state index contributed by atoms with van der Waals surface area (Å²) in [6, 6.07) is 7.27. The summed E-state index contributed by atoms with van der Waals surface area (Å²) >= 11 is 6.05. The second-order valence-electron chi connectivity index (χ2n) is 3.95. The Morgan fingerprint density at radius 1 is 1.42 bits per heavy atom. The lowest BCUT2D eigenvalue weighted by Gasteiger charge is -1.98. The van der Waals surface area contributed by atoms with Gasteiger partial charge in [-0.2, -0.15) is 4.98 Å². The Balaban J connectivity index is 2.04. The molecule has 0 saturated heterocycles. The number of carbonyl (C=O) groups excluding carboxylic acids is 1. The Morgan fingerprint density at radius 2 is 2.21 bits per heavy atom. The highest BCUT2D eigenvalue weighted by molar-refractivity contribution is 6.33. The summed E-state index contributed by atoms with van der Waals surface area (Å²) in [5, 5.41) is 7.15. The zero-order chi connectivity index (χ0) is 13.7. The molecule has 0 radical (unpaired) electrons. The quantitative estimate of drug-likeness (QED) is 0.913. The van der Waals surface area contributed by atoms with Gasteiger partial charge in [0.1, 0.15) is 0 Å². The van der Waals surface area contributed by atoms with E-state index in [0.29, 0.717) is 36.1 Å². The second-order valence-corrected chi connectivity index (χ2v) is 4.35. The minimum atomic E-state index is -0.0278. The van der Waals surface area contributed by atoms with Gasteiger partial charge < -0.3 is 9.84 Å². The number of nitrogens with zero attached hydrogens (tertiary/aromatic N) is 2. The summed E-state index contributed by atoms with van der Waals surface area (Å²) in [4.78, 5) is 15.6. The predicted molar refractivity (Wildman–Crippen MR) is 71.7 cm³/mol. The number of aryl methyl sites for hydroxylation is 1. The minimum absolute atomic E-state index is 0.0278. The van der Waals surface area contributed by atoms with E-state index in [1.807, 2.05) is 25.1 Å². The zero-order valence-corrected chi connectivity index (χ0v) is 11.3. The Labute approximate surface area is 116 Å². The first-order chi connectivity index (χ1) is 9.20. The number of benzene rings is 1. The molecule has 1 amide bonds. The summed E-state index contributed by atoms with van der Waals surface area (Å²) in [5.41, 5.74) is 0.720. The summed E-state index contributed by atoms with van der Waals surface area (Å²) in [5.74, 6) is 0.845. The predicted octanol–water partition coefficient (Wildman–Crippen LogP) is 2.46. The molecule has 0 unspecified atom stereocenters. The molecule has 0 fully saturated rings. The molecule has 19 heavy (non-hydrogen) atoms. The molecule has 100 valence electrons. The third-order valence-corrected chi connectivity index (χ3v) is 2.85. The van der Waals surface area contributed by atoms with Crippen molar-refractivity contribution in [2.75, 3.05) is 6.54 Å². The van der Waals surface area contributed by atoms with E-state index < -0.39 is 0 Å². The van der Waals surface area contributed by atoms with Crippen molar-refractivity contribution in [3.63, 3.8) is 0 Å². The van der Waals surface area contributed by atoms with Gasteiger partial charge >= 0.3 is 0 Å². The lowest BCUT2D eigenvalue weighted by Crippen LogP contribution is -2.22. The third-order valence-electron chi connectivity index (χ3n) is 2.52. The van der Waals surface area contributed by atoms with E-state index in [1.54, 1.807) is 6.07 Å². The van der Waals surface area contributed by atoms with Gasteiger partial charge in [-0.3, -0.25) is 4.79 Å². The number of carbonyl (C=O) groups is 1.